The zero-order valence-corrected chi connectivity index (χ0v) is 17.6. The van der Waals surface area contributed by atoms with Gasteiger partial charge >= 0.3 is 0 Å². The lowest BCUT2D eigenvalue weighted by molar-refractivity contribution is 0.0905. The van der Waals surface area contributed by atoms with E-state index in [0.29, 0.717) is 12.2 Å². The maximum Gasteiger partial charge on any atom is 0.251 e. The Hall–Kier alpha value is -2.99. The fourth-order valence-electron chi connectivity index (χ4n) is 3.37. The third-order valence-corrected chi connectivity index (χ3v) is 4.84. The smallest absolute Gasteiger partial charge is 0.251 e. The van der Waals surface area contributed by atoms with Crippen LogP contribution in [0.2, 0.25) is 0 Å². The Morgan fingerprint density at radius 1 is 1.14 bits per heavy atom. The van der Waals surface area contributed by atoms with Crippen LogP contribution in [0.5, 0.6) is 0 Å². The first-order valence-corrected chi connectivity index (χ1v) is 9.82. The Bertz CT molecular complexity index is 980. The molecule has 0 saturated heterocycles. The molecule has 6 nitrogen and oxygen atoms in total. The summed E-state index contributed by atoms with van der Waals surface area (Å²) < 4.78 is 6.99. The number of hydrogen-bond donors (Lipinski definition) is 1. The molecule has 6 heteroatoms. The molecule has 0 aliphatic heterocycles. The second-order valence-electron chi connectivity index (χ2n) is 7.55. The van der Waals surface area contributed by atoms with Crippen LogP contribution in [0.4, 0.5) is 0 Å². The van der Waals surface area contributed by atoms with Gasteiger partial charge in [0.2, 0.25) is 0 Å². The van der Waals surface area contributed by atoms with Crippen molar-refractivity contribution in [2.45, 2.75) is 39.7 Å². The van der Waals surface area contributed by atoms with Crippen molar-refractivity contribution in [3.63, 3.8) is 0 Å². The van der Waals surface area contributed by atoms with Crippen LogP contribution in [-0.4, -0.2) is 40.4 Å². The van der Waals surface area contributed by atoms with Crippen molar-refractivity contribution in [3.05, 3.63) is 65.7 Å². The second kappa shape index (κ2) is 9.01. The van der Waals surface area contributed by atoms with Gasteiger partial charge in [0.15, 0.2) is 0 Å². The lowest BCUT2D eigenvalue weighted by Gasteiger charge is -2.18. The molecule has 0 aliphatic carbocycles. The van der Waals surface area contributed by atoms with E-state index in [2.05, 4.69) is 35.3 Å². The van der Waals surface area contributed by atoms with Gasteiger partial charge in [0.05, 0.1) is 12.3 Å². The van der Waals surface area contributed by atoms with Crippen molar-refractivity contribution in [1.82, 2.24) is 20.1 Å². The maximum atomic E-state index is 13.1. The Morgan fingerprint density at radius 3 is 2.52 bits per heavy atom. The normalized spacial score (nSPS) is 12.2. The highest BCUT2D eigenvalue weighted by Gasteiger charge is 2.20. The van der Waals surface area contributed by atoms with Gasteiger partial charge in [-0.25, -0.2) is 9.67 Å². The monoisotopic (exact) mass is 392 g/mol. The summed E-state index contributed by atoms with van der Waals surface area (Å²) in [5.74, 6) is 0.936. The SMILES string of the molecule is COCC(C)NC(=O)c1cc(-c2ccccc2)cc(-n2ncnc2C(C)C)c1C. The summed E-state index contributed by atoms with van der Waals surface area (Å²) >= 11 is 0. The summed E-state index contributed by atoms with van der Waals surface area (Å²) in [5, 5.41) is 7.47. The molecule has 2 aromatic carbocycles. The van der Waals surface area contributed by atoms with Crippen LogP contribution in [0.1, 0.15) is 48.4 Å². The number of hydrogen-bond acceptors (Lipinski definition) is 4. The predicted molar refractivity (Wildman–Crippen MR) is 114 cm³/mol. The molecule has 0 saturated carbocycles. The van der Waals surface area contributed by atoms with E-state index in [1.54, 1.807) is 13.4 Å². The van der Waals surface area contributed by atoms with Crippen LogP contribution in [0.15, 0.2) is 48.8 Å². The minimum Gasteiger partial charge on any atom is -0.383 e. The molecular weight excluding hydrogens is 364 g/mol. The fourth-order valence-corrected chi connectivity index (χ4v) is 3.37. The van der Waals surface area contributed by atoms with Gasteiger partial charge in [0, 0.05) is 24.6 Å². The quantitative estimate of drug-likeness (QED) is 0.656. The third kappa shape index (κ3) is 4.54. The number of ether oxygens (including phenoxy) is 1. The first-order valence-electron chi connectivity index (χ1n) is 9.82. The number of carbonyl (C=O) groups is 1. The number of nitrogens with zero attached hydrogens (tertiary/aromatic N) is 3. The van der Waals surface area contributed by atoms with Crippen LogP contribution in [-0.2, 0) is 4.74 Å². The van der Waals surface area contributed by atoms with E-state index in [0.717, 1.165) is 28.2 Å². The molecule has 0 aliphatic rings. The maximum absolute atomic E-state index is 13.1. The topological polar surface area (TPSA) is 69.0 Å². The molecule has 1 unspecified atom stereocenters. The summed E-state index contributed by atoms with van der Waals surface area (Å²) in [6.45, 7) is 8.49. The molecule has 1 amide bonds. The van der Waals surface area contributed by atoms with Crippen LogP contribution < -0.4 is 5.32 Å². The van der Waals surface area contributed by atoms with Gasteiger partial charge in [0.1, 0.15) is 12.2 Å². The van der Waals surface area contributed by atoms with Gasteiger partial charge in [0.25, 0.3) is 5.91 Å². The molecule has 3 rings (SSSR count). The molecular formula is C23H28N4O2. The van der Waals surface area contributed by atoms with Gasteiger partial charge in [-0.05, 0) is 42.7 Å². The predicted octanol–water partition coefficient (Wildman–Crippen LogP) is 4.13. The molecule has 152 valence electrons. The summed E-state index contributed by atoms with van der Waals surface area (Å²) in [6.07, 6.45) is 1.56. The van der Waals surface area contributed by atoms with E-state index < -0.39 is 0 Å². The first kappa shape index (κ1) is 20.7. The molecule has 0 radical (unpaired) electrons. The van der Waals surface area contributed by atoms with E-state index in [4.69, 9.17) is 4.74 Å². The Kier molecular flexibility index (Phi) is 6.44. The average Bonchev–Trinajstić information content (AvgIpc) is 3.19. The van der Waals surface area contributed by atoms with Crippen molar-refractivity contribution in [2.24, 2.45) is 0 Å². The lowest BCUT2D eigenvalue weighted by atomic mass is 9.97. The number of carbonyl (C=O) groups excluding carboxylic acids is 1. The van der Waals surface area contributed by atoms with Crippen LogP contribution in [0, 0.1) is 6.92 Å². The molecule has 1 N–H and O–H groups in total. The number of nitrogens with one attached hydrogen (secondary N) is 1. The molecule has 1 aromatic heterocycles. The molecule has 0 spiro atoms. The second-order valence-corrected chi connectivity index (χ2v) is 7.55. The molecule has 29 heavy (non-hydrogen) atoms. The zero-order valence-electron chi connectivity index (χ0n) is 17.6. The summed E-state index contributed by atoms with van der Waals surface area (Å²) in [5.41, 5.74) is 4.34. The Labute approximate surface area is 171 Å². The van der Waals surface area contributed by atoms with Crippen molar-refractivity contribution < 1.29 is 9.53 Å². The van der Waals surface area contributed by atoms with Gasteiger partial charge in [-0.3, -0.25) is 4.79 Å². The van der Waals surface area contributed by atoms with Crippen LogP contribution in [0.25, 0.3) is 16.8 Å². The van der Waals surface area contributed by atoms with Gasteiger partial charge in [-0.2, -0.15) is 5.10 Å². The van der Waals surface area contributed by atoms with Crippen LogP contribution >= 0.6 is 0 Å². The summed E-state index contributed by atoms with van der Waals surface area (Å²) in [6, 6.07) is 14.0. The van der Waals surface area contributed by atoms with E-state index in [9.17, 15) is 4.79 Å². The van der Waals surface area contributed by atoms with Gasteiger partial charge < -0.3 is 10.1 Å². The first-order chi connectivity index (χ1) is 13.9. The molecule has 1 heterocycles. The van der Waals surface area contributed by atoms with Crippen molar-refractivity contribution in [3.8, 4) is 16.8 Å². The highest BCUT2D eigenvalue weighted by atomic mass is 16.5. The number of rotatable bonds is 7. The molecule has 1 atom stereocenters. The van der Waals surface area contributed by atoms with Crippen LogP contribution in [0.3, 0.4) is 0 Å². The van der Waals surface area contributed by atoms with Crippen molar-refractivity contribution in [2.75, 3.05) is 13.7 Å². The standard InChI is InChI=1S/C23H28N4O2/c1-15(2)22-24-14-25-27(22)21-12-19(18-9-7-6-8-10-18)11-20(17(21)4)23(28)26-16(3)13-29-5/h6-12,14-16H,13H2,1-5H3,(H,26,28). The largest absolute Gasteiger partial charge is 0.383 e. The fraction of sp³-hybridized carbons (Fsp3) is 0.348. The van der Waals surface area contributed by atoms with Crippen molar-refractivity contribution in [1.29, 1.82) is 0 Å². The van der Waals surface area contributed by atoms with Gasteiger partial charge in [-0.1, -0.05) is 44.2 Å². The summed E-state index contributed by atoms with van der Waals surface area (Å²) in [4.78, 5) is 17.5. The van der Waals surface area contributed by atoms with Crippen molar-refractivity contribution >= 4 is 5.91 Å². The number of methoxy groups -OCH3 is 1. The summed E-state index contributed by atoms with van der Waals surface area (Å²) in [7, 11) is 1.63. The van der Waals surface area contributed by atoms with E-state index >= 15 is 0 Å². The third-order valence-electron chi connectivity index (χ3n) is 4.84. The molecule has 0 fully saturated rings. The molecule has 3 aromatic rings. The van der Waals surface area contributed by atoms with E-state index in [1.165, 1.54) is 0 Å². The van der Waals surface area contributed by atoms with Gasteiger partial charge in [-0.15, -0.1) is 0 Å². The number of aromatic nitrogens is 3. The zero-order chi connectivity index (χ0) is 21.0. The number of amides is 1. The highest BCUT2D eigenvalue weighted by Crippen LogP contribution is 2.29. The van der Waals surface area contributed by atoms with E-state index in [-0.39, 0.29) is 17.9 Å². The Morgan fingerprint density at radius 2 is 1.86 bits per heavy atom. The Balaban J connectivity index is 2.15. The number of benzene rings is 2. The lowest BCUT2D eigenvalue weighted by Crippen LogP contribution is -2.36. The molecule has 0 bridgehead atoms. The van der Waals surface area contributed by atoms with E-state index in [1.807, 2.05) is 54.9 Å². The highest BCUT2D eigenvalue weighted by molar-refractivity contribution is 5.98. The minimum absolute atomic E-state index is 0.0895. The minimum atomic E-state index is -0.128. The average molecular weight is 393 g/mol.